The van der Waals surface area contributed by atoms with Gasteiger partial charge >= 0.3 is 0 Å². The van der Waals surface area contributed by atoms with Crippen LogP contribution in [0.15, 0.2) is 24.3 Å². The van der Waals surface area contributed by atoms with E-state index in [0.717, 1.165) is 5.56 Å². The van der Waals surface area contributed by atoms with Gasteiger partial charge in [-0.05, 0) is 17.9 Å². The van der Waals surface area contributed by atoms with Crippen molar-refractivity contribution in [2.75, 3.05) is 13.7 Å². The third kappa shape index (κ3) is 5.48. The molecule has 0 aromatic heterocycles. The van der Waals surface area contributed by atoms with Crippen LogP contribution < -0.4 is 11.1 Å². The maximum absolute atomic E-state index is 12.2. The Morgan fingerprint density at radius 2 is 2.05 bits per heavy atom. The molecule has 2 atom stereocenters. The third-order valence-electron chi connectivity index (χ3n) is 3.56. The molecule has 1 aromatic rings. The number of hydrogen-bond acceptors (Lipinski definition) is 3. The van der Waals surface area contributed by atoms with E-state index in [1.54, 1.807) is 7.11 Å². The number of amides is 1. The maximum atomic E-state index is 12.2. The molecule has 118 valence electrons. The summed E-state index contributed by atoms with van der Waals surface area (Å²) < 4.78 is 5.18. The molecule has 0 heterocycles. The van der Waals surface area contributed by atoms with Gasteiger partial charge in [-0.1, -0.05) is 50.6 Å². The fourth-order valence-electron chi connectivity index (χ4n) is 2.34. The average molecular weight is 292 g/mol. The summed E-state index contributed by atoms with van der Waals surface area (Å²) in [5.74, 6) is -0.0336. The van der Waals surface area contributed by atoms with Crippen LogP contribution in [0.3, 0.4) is 0 Å². The molecule has 1 aromatic carbocycles. The van der Waals surface area contributed by atoms with E-state index in [1.165, 1.54) is 5.56 Å². The highest BCUT2D eigenvalue weighted by Gasteiger charge is 2.28. The van der Waals surface area contributed by atoms with Crippen LogP contribution in [-0.4, -0.2) is 25.7 Å². The van der Waals surface area contributed by atoms with Gasteiger partial charge in [0, 0.05) is 13.7 Å². The summed E-state index contributed by atoms with van der Waals surface area (Å²) >= 11 is 0. The van der Waals surface area contributed by atoms with Gasteiger partial charge in [-0.3, -0.25) is 4.79 Å². The first-order chi connectivity index (χ1) is 9.77. The molecular formula is C17H28N2O2. The minimum atomic E-state index is -0.233. The predicted octanol–water partition coefficient (Wildman–Crippen LogP) is 2.56. The van der Waals surface area contributed by atoms with Crippen LogP contribution in [-0.2, 0) is 9.53 Å². The zero-order valence-electron chi connectivity index (χ0n) is 13.8. The van der Waals surface area contributed by atoms with Gasteiger partial charge in [0.1, 0.15) is 0 Å². The molecule has 0 fully saturated rings. The first kappa shape index (κ1) is 17.7. The summed E-state index contributed by atoms with van der Waals surface area (Å²) in [7, 11) is 1.58. The van der Waals surface area contributed by atoms with Gasteiger partial charge in [-0.2, -0.15) is 0 Å². The van der Waals surface area contributed by atoms with Gasteiger partial charge in [0.05, 0.1) is 18.6 Å². The number of hydrogen-bond donors (Lipinski definition) is 2. The Morgan fingerprint density at radius 3 is 2.52 bits per heavy atom. The van der Waals surface area contributed by atoms with E-state index in [9.17, 15) is 4.79 Å². The fraction of sp³-hybridized carbons (Fsp3) is 0.588. The lowest BCUT2D eigenvalue weighted by molar-refractivity contribution is -0.125. The zero-order valence-corrected chi connectivity index (χ0v) is 13.8. The lowest BCUT2D eigenvalue weighted by atomic mass is 9.82. The van der Waals surface area contributed by atoms with E-state index < -0.39 is 0 Å². The van der Waals surface area contributed by atoms with Crippen LogP contribution >= 0.6 is 0 Å². The molecule has 0 radical (unpaired) electrons. The second-order valence-electron chi connectivity index (χ2n) is 6.58. The second-order valence-corrected chi connectivity index (χ2v) is 6.58. The van der Waals surface area contributed by atoms with Gasteiger partial charge in [-0.25, -0.2) is 0 Å². The van der Waals surface area contributed by atoms with Crippen molar-refractivity contribution < 1.29 is 9.53 Å². The summed E-state index contributed by atoms with van der Waals surface area (Å²) in [6, 6.07) is 8.21. The standard InChI is InChI=1S/C17H28N2O2/c1-12-7-6-8-13(9-12)16(17(2,3)4)19-15(20)10-14(11-18)21-5/h6-9,14,16H,10-11,18H2,1-5H3,(H,19,20). The number of carbonyl (C=O) groups excluding carboxylic acids is 1. The monoisotopic (exact) mass is 292 g/mol. The molecule has 0 spiro atoms. The summed E-state index contributed by atoms with van der Waals surface area (Å²) in [5.41, 5.74) is 7.81. The zero-order chi connectivity index (χ0) is 16.0. The molecule has 0 saturated carbocycles. The number of carbonyl (C=O) groups is 1. The predicted molar refractivity (Wildman–Crippen MR) is 86.0 cm³/mol. The van der Waals surface area contributed by atoms with Crippen LogP contribution in [0.5, 0.6) is 0 Å². The minimum absolute atomic E-state index is 0.0336. The molecule has 0 aliphatic heterocycles. The number of benzene rings is 1. The number of rotatable bonds is 6. The highest BCUT2D eigenvalue weighted by atomic mass is 16.5. The van der Waals surface area contributed by atoms with E-state index in [0.29, 0.717) is 6.54 Å². The Bertz CT molecular complexity index is 462. The summed E-state index contributed by atoms with van der Waals surface area (Å²) in [4.78, 5) is 12.2. The van der Waals surface area contributed by atoms with Crippen LogP contribution in [0, 0.1) is 12.3 Å². The van der Waals surface area contributed by atoms with Crippen molar-refractivity contribution in [3.8, 4) is 0 Å². The number of nitrogens with one attached hydrogen (secondary N) is 1. The largest absolute Gasteiger partial charge is 0.380 e. The van der Waals surface area contributed by atoms with Gasteiger partial charge in [0.15, 0.2) is 0 Å². The van der Waals surface area contributed by atoms with Gasteiger partial charge in [-0.15, -0.1) is 0 Å². The van der Waals surface area contributed by atoms with Crippen LogP contribution in [0.1, 0.15) is 44.4 Å². The molecular weight excluding hydrogens is 264 g/mol. The molecule has 0 aliphatic carbocycles. The van der Waals surface area contributed by atoms with Crippen molar-refractivity contribution in [3.63, 3.8) is 0 Å². The summed E-state index contributed by atoms with van der Waals surface area (Å²) in [5, 5.41) is 3.13. The van der Waals surface area contributed by atoms with Crippen molar-refractivity contribution >= 4 is 5.91 Å². The van der Waals surface area contributed by atoms with Gasteiger partial charge in [0.25, 0.3) is 0 Å². The molecule has 1 rings (SSSR count). The van der Waals surface area contributed by atoms with E-state index in [4.69, 9.17) is 10.5 Å². The molecule has 0 aliphatic rings. The number of ether oxygens (including phenoxy) is 1. The normalized spacial score (nSPS) is 14.6. The first-order valence-corrected chi connectivity index (χ1v) is 7.36. The molecule has 4 nitrogen and oxygen atoms in total. The number of methoxy groups -OCH3 is 1. The minimum Gasteiger partial charge on any atom is -0.380 e. The average Bonchev–Trinajstić information content (AvgIpc) is 2.40. The molecule has 1 amide bonds. The van der Waals surface area contributed by atoms with E-state index >= 15 is 0 Å². The SMILES string of the molecule is COC(CN)CC(=O)NC(c1cccc(C)c1)C(C)(C)C. The van der Waals surface area contributed by atoms with Gasteiger partial charge in [0.2, 0.25) is 5.91 Å². The van der Waals surface area contributed by atoms with Gasteiger partial charge < -0.3 is 15.8 Å². The Hall–Kier alpha value is -1.39. The lowest BCUT2D eigenvalue weighted by Crippen LogP contribution is -2.39. The topological polar surface area (TPSA) is 64.3 Å². The Kier molecular flexibility index (Phi) is 6.37. The van der Waals surface area contributed by atoms with Crippen molar-refractivity contribution in [2.45, 2.75) is 46.3 Å². The van der Waals surface area contributed by atoms with E-state index in [2.05, 4.69) is 51.2 Å². The van der Waals surface area contributed by atoms with Crippen molar-refractivity contribution in [1.29, 1.82) is 0 Å². The highest BCUT2D eigenvalue weighted by molar-refractivity contribution is 5.77. The van der Waals surface area contributed by atoms with E-state index in [1.807, 2.05) is 6.07 Å². The second kappa shape index (κ2) is 7.57. The fourth-order valence-corrected chi connectivity index (χ4v) is 2.34. The van der Waals surface area contributed by atoms with E-state index in [-0.39, 0.29) is 29.9 Å². The molecule has 4 heteroatoms. The molecule has 0 saturated heterocycles. The lowest BCUT2D eigenvalue weighted by Gasteiger charge is -2.32. The molecule has 21 heavy (non-hydrogen) atoms. The first-order valence-electron chi connectivity index (χ1n) is 7.36. The Morgan fingerprint density at radius 1 is 1.38 bits per heavy atom. The maximum Gasteiger partial charge on any atom is 0.223 e. The van der Waals surface area contributed by atoms with Crippen LogP contribution in [0.4, 0.5) is 0 Å². The van der Waals surface area contributed by atoms with Crippen LogP contribution in [0.2, 0.25) is 0 Å². The molecule has 3 N–H and O–H groups in total. The van der Waals surface area contributed by atoms with Crippen LogP contribution in [0.25, 0.3) is 0 Å². The Balaban J connectivity index is 2.88. The highest BCUT2D eigenvalue weighted by Crippen LogP contribution is 2.33. The number of nitrogens with two attached hydrogens (primary N) is 1. The summed E-state index contributed by atoms with van der Waals surface area (Å²) in [6.45, 7) is 8.76. The molecule has 0 bridgehead atoms. The summed E-state index contributed by atoms with van der Waals surface area (Å²) in [6.07, 6.45) is 0.0499. The quantitative estimate of drug-likeness (QED) is 0.847. The van der Waals surface area contributed by atoms with Crippen molar-refractivity contribution in [1.82, 2.24) is 5.32 Å². The smallest absolute Gasteiger partial charge is 0.223 e. The van der Waals surface area contributed by atoms with Crippen molar-refractivity contribution in [2.24, 2.45) is 11.1 Å². The van der Waals surface area contributed by atoms with Crippen molar-refractivity contribution in [3.05, 3.63) is 35.4 Å². The number of aryl methyl sites for hydroxylation is 1. The molecule has 2 unspecified atom stereocenters. The third-order valence-corrected chi connectivity index (χ3v) is 3.56. The Labute approximate surface area is 128 Å².